The van der Waals surface area contributed by atoms with Crippen LogP contribution in [0.2, 0.25) is 0 Å². The number of unbranched alkanes of at least 4 members (excludes halogenated alkanes) is 18. The van der Waals surface area contributed by atoms with Crippen molar-refractivity contribution in [3.63, 3.8) is 0 Å². The van der Waals surface area contributed by atoms with E-state index in [1.807, 2.05) is 0 Å². The molecule has 0 atom stereocenters. The van der Waals surface area contributed by atoms with Crippen molar-refractivity contribution in [3.8, 4) is 0 Å². The highest BCUT2D eigenvalue weighted by Crippen LogP contribution is 2.24. The minimum Gasteiger partial charge on any atom is -0.462 e. The standard InChI is InChI=1S/C63H102N6O12/c1-49(2)55(70)76-43-31-19-13-25-37-67(38-26-14-20-32-44-77-56(71)50(3)4)61-64-62(68(39-27-15-21-33-45-78-57(72)51(5)6)40-28-16-22-34-46-79-58(73)52(7)8)66-63(65-61)69(41-29-17-23-35-47-80-59(74)53(9)10)42-30-18-24-36-48-81-60(75)54(11)12/h1,3,5,7,9,11,13-48H2,2,4,6,8,10,12H3. The van der Waals surface area contributed by atoms with Crippen LogP contribution < -0.4 is 14.7 Å². The first-order valence-corrected chi connectivity index (χ1v) is 29.7. The summed E-state index contributed by atoms with van der Waals surface area (Å²) in [4.78, 5) is 94.9. The number of esters is 6. The summed E-state index contributed by atoms with van der Waals surface area (Å²) in [5.74, 6) is -0.527. The van der Waals surface area contributed by atoms with Crippen molar-refractivity contribution in [1.29, 1.82) is 0 Å². The SMILES string of the molecule is C=C(C)C(=O)OCCCCCCN(CCCCCCOC(=O)C(=C)C)c1nc(N(CCCCCCOC(=O)C(=C)C)CCCCCCOC(=O)C(=C)C)nc(N(CCCCCCOC(=O)C(=C)C)CCCCCCOC(=O)C(=C)C)n1. The van der Waals surface area contributed by atoms with Crippen molar-refractivity contribution < 1.29 is 57.2 Å². The summed E-state index contributed by atoms with van der Waals surface area (Å²) in [6.45, 7) is 38.0. The summed E-state index contributed by atoms with van der Waals surface area (Å²) >= 11 is 0. The van der Waals surface area contributed by atoms with Gasteiger partial charge in [-0.3, -0.25) is 0 Å². The second-order valence-electron chi connectivity index (χ2n) is 21.2. The minimum absolute atomic E-state index is 0.332. The normalized spacial score (nSPS) is 10.7. The topological polar surface area (TPSA) is 206 Å². The lowest BCUT2D eigenvalue weighted by Gasteiger charge is -2.30. The van der Waals surface area contributed by atoms with Gasteiger partial charge in [0.2, 0.25) is 17.8 Å². The molecule has 0 unspecified atom stereocenters. The predicted molar refractivity (Wildman–Crippen MR) is 322 cm³/mol. The van der Waals surface area contributed by atoms with Crippen molar-refractivity contribution in [2.75, 3.05) is 93.6 Å². The highest BCUT2D eigenvalue weighted by molar-refractivity contribution is 5.88. The molecule has 0 bridgehead atoms. The molecule has 0 saturated carbocycles. The van der Waals surface area contributed by atoms with Crippen molar-refractivity contribution in [3.05, 3.63) is 72.9 Å². The average molecular weight is 1140 g/mol. The molecule has 0 radical (unpaired) electrons. The Balaban J connectivity index is 3.75. The van der Waals surface area contributed by atoms with Crippen LogP contribution in [0.3, 0.4) is 0 Å². The van der Waals surface area contributed by atoms with E-state index in [4.69, 9.17) is 43.4 Å². The van der Waals surface area contributed by atoms with Crippen molar-refractivity contribution in [2.24, 2.45) is 0 Å². The molecule has 456 valence electrons. The van der Waals surface area contributed by atoms with Gasteiger partial charge in [0, 0.05) is 72.7 Å². The van der Waals surface area contributed by atoms with Crippen LogP contribution in [0.5, 0.6) is 0 Å². The van der Waals surface area contributed by atoms with Gasteiger partial charge >= 0.3 is 35.8 Å². The zero-order valence-electron chi connectivity index (χ0n) is 50.8. The predicted octanol–water partition coefficient (Wildman–Crippen LogP) is 12.4. The van der Waals surface area contributed by atoms with E-state index in [1.54, 1.807) is 41.5 Å². The molecule has 81 heavy (non-hydrogen) atoms. The number of hydrogen-bond donors (Lipinski definition) is 0. The van der Waals surface area contributed by atoms with Gasteiger partial charge in [-0.2, -0.15) is 15.0 Å². The molecule has 1 aromatic heterocycles. The molecule has 1 aromatic rings. The first-order chi connectivity index (χ1) is 38.7. The van der Waals surface area contributed by atoms with Gasteiger partial charge in [-0.05, 0) is 157 Å². The second kappa shape index (κ2) is 45.3. The van der Waals surface area contributed by atoms with E-state index in [-0.39, 0.29) is 35.8 Å². The summed E-state index contributed by atoms with van der Waals surface area (Å²) in [5.41, 5.74) is 2.26. The van der Waals surface area contributed by atoms with Gasteiger partial charge in [0.05, 0.1) is 39.6 Å². The van der Waals surface area contributed by atoms with Crippen LogP contribution in [-0.4, -0.2) is 130 Å². The van der Waals surface area contributed by atoms with Crippen LogP contribution >= 0.6 is 0 Å². The number of carbonyl (C=O) groups excluding carboxylic acids is 6. The Labute approximate surface area is 486 Å². The molecule has 0 aliphatic carbocycles. The lowest BCUT2D eigenvalue weighted by molar-refractivity contribution is -0.139. The van der Waals surface area contributed by atoms with Crippen molar-refractivity contribution in [2.45, 2.75) is 196 Å². The third kappa shape index (κ3) is 36.6. The van der Waals surface area contributed by atoms with Gasteiger partial charge < -0.3 is 43.1 Å². The molecular formula is C63H102N6O12. The van der Waals surface area contributed by atoms with Crippen LogP contribution in [0.1, 0.15) is 196 Å². The first kappa shape index (κ1) is 72.7. The Hall–Kier alpha value is -6.33. The lowest BCUT2D eigenvalue weighted by Crippen LogP contribution is -2.34. The van der Waals surface area contributed by atoms with E-state index in [2.05, 4.69) is 54.2 Å². The third-order valence-corrected chi connectivity index (χ3v) is 12.9. The Bertz CT molecular complexity index is 1780. The van der Waals surface area contributed by atoms with Crippen LogP contribution in [-0.2, 0) is 57.2 Å². The molecule has 0 spiro atoms. The number of hydrogen-bond acceptors (Lipinski definition) is 18. The molecule has 0 aliphatic heterocycles. The highest BCUT2D eigenvalue weighted by Gasteiger charge is 2.22. The summed E-state index contributed by atoms with van der Waals surface area (Å²) in [6, 6.07) is 0. The van der Waals surface area contributed by atoms with E-state index >= 15 is 0 Å². The molecular weight excluding hydrogens is 1030 g/mol. The fourth-order valence-corrected chi connectivity index (χ4v) is 7.98. The monoisotopic (exact) mass is 1130 g/mol. The van der Waals surface area contributed by atoms with Gasteiger partial charge in [-0.15, -0.1) is 0 Å². The number of nitrogens with zero attached hydrogens (tertiary/aromatic N) is 6. The second-order valence-corrected chi connectivity index (χ2v) is 21.2. The summed E-state index contributed by atoms with van der Waals surface area (Å²) in [7, 11) is 0. The number of anilines is 3. The van der Waals surface area contributed by atoms with Gasteiger partial charge in [-0.25, -0.2) is 28.8 Å². The van der Waals surface area contributed by atoms with Gasteiger partial charge in [0.15, 0.2) is 0 Å². The van der Waals surface area contributed by atoms with E-state index in [1.165, 1.54) is 0 Å². The van der Waals surface area contributed by atoms with Gasteiger partial charge in [-0.1, -0.05) is 78.0 Å². The van der Waals surface area contributed by atoms with E-state index in [9.17, 15) is 28.8 Å². The average Bonchev–Trinajstić information content (AvgIpc) is 3.45. The van der Waals surface area contributed by atoms with Crippen LogP contribution in [0.4, 0.5) is 17.8 Å². The number of carbonyl (C=O) groups is 6. The maximum Gasteiger partial charge on any atom is 0.333 e. The molecule has 18 heteroatoms. The lowest BCUT2D eigenvalue weighted by atomic mass is 10.1. The molecule has 1 rings (SSSR count). The number of rotatable bonds is 51. The molecule has 0 aromatic carbocycles. The van der Waals surface area contributed by atoms with Crippen molar-refractivity contribution >= 4 is 53.7 Å². The number of ether oxygens (including phenoxy) is 6. The minimum atomic E-state index is -0.383. The summed E-state index contributed by atoms with van der Waals surface area (Å²) in [5, 5.41) is 0. The van der Waals surface area contributed by atoms with Gasteiger partial charge in [0.25, 0.3) is 0 Å². The van der Waals surface area contributed by atoms with E-state index in [0.717, 1.165) is 154 Å². The maximum absolute atomic E-state index is 12.0. The van der Waals surface area contributed by atoms with Crippen LogP contribution in [0.25, 0.3) is 0 Å². The third-order valence-electron chi connectivity index (χ3n) is 12.9. The molecule has 0 fully saturated rings. The van der Waals surface area contributed by atoms with Crippen LogP contribution in [0, 0.1) is 0 Å². The molecule has 1 heterocycles. The molecule has 0 N–H and O–H groups in total. The van der Waals surface area contributed by atoms with E-state index < -0.39 is 0 Å². The Morgan fingerprint density at radius 3 is 0.531 bits per heavy atom. The quantitative estimate of drug-likeness (QED) is 0.0257. The zero-order valence-corrected chi connectivity index (χ0v) is 50.8. The molecule has 0 aliphatic rings. The molecule has 0 amide bonds. The van der Waals surface area contributed by atoms with E-state index in [0.29, 0.717) is 130 Å². The largest absolute Gasteiger partial charge is 0.462 e. The Kier molecular flexibility index (Phi) is 40.7. The fraction of sp³-hybridized carbons (Fsp3) is 0.667. The number of aromatic nitrogens is 3. The summed E-state index contributed by atoms with van der Waals surface area (Å²) < 4.78 is 32.2. The zero-order chi connectivity index (χ0) is 60.2. The fourth-order valence-electron chi connectivity index (χ4n) is 7.98. The van der Waals surface area contributed by atoms with Gasteiger partial charge in [0.1, 0.15) is 0 Å². The summed E-state index contributed by atoms with van der Waals surface area (Å²) in [6.07, 6.45) is 20.1. The Morgan fingerprint density at radius 1 is 0.259 bits per heavy atom. The molecule has 0 saturated heterocycles. The molecule has 18 nitrogen and oxygen atoms in total. The van der Waals surface area contributed by atoms with Crippen molar-refractivity contribution in [1.82, 2.24) is 15.0 Å². The highest BCUT2D eigenvalue weighted by atomic mass is 16.6. The first-order valence-electron chi connectivity index (χ1n) is 29.7. The maximum atomic E-state index is 12.0. The Morgan fingerprint density at radius 2 is 0.395 bits per heavy atom. The van der Waals surface area contributed by atoms with Crippen LogP contribution in [0.15, 0.2) is 72.9 Å². The smallest absolute Gasteiger partial charge is 0.333 e.